The molecule has 5 atom stereocenters. The van der Waals surface area contributed by atoms with Crippen molar-refractivity contribution in [3.05, 3.63) is 69.7 Å². The van der Waals surface area contributed by atoms with E-state index in [0.29, 0.717) is 22.9 Å². The highest BCUT2D eigenvalue weighted by molar-refractivity contribution is 6.30. The molecule has 2 aromatic carbocycles. The third kappa shape index (κ3) is 4.98. The van der Waals surface area contributed by atoms with Crippen molar-refractivity contribution in [2.75, 3.05) is 0 Å². The summed E-state index contributed by atoms with van der Waals surface area (Å²) in [6, 6.07) is 14.2. The summed E-state index contributed by atoms with van der Waals surface area (Å²) >= 11 is 12.5. The van der Waals surface area contributed by atoms with Crippen molar-refractivity contribution >= 4 is 35.1 Å². The molecule has 1 saturated carbocycles. The molecule has 1 heterocycles. The van der Waals surface area contributed by atoms with Gasteiger partial charge in [0.1, 0.15) is 0 Å². The Morgan fingerprint density at radius 1 is 1.12 bits per heavy atom. The number of carboxylic acid groups (broad SMARTS) is 1. The molecule has 0 aromatic heterocycles. The lowest BCUT2D eigenvalue weighted by Crippen LogP contribution is -2.59. The van der Waals surface area contributed by atoms with Gasteiger partial charge in [-0.3, -0.25) is 9.59 Å². The molecule has 1 amide bonds. The maximum Gasteiger partial charge on any atom is 0.304 e. The summed E-state index contributed by atoms with van der Waals surface area (Å²) in [5.74, 6) is -1.27. The molecule has 182 valence electrons. The molecule has 1 aliphatic carbocycles. The molecule has 1 aliphatic heterocycles. The monoisotopic (exact) mass is 503 g/mol. The van der Waals surface area contributed by atoms with Crippen LogP contribution in [0.2, 0.25) is 10.0 Å². The molecule has 2 aromatic rings. The van der Waals surface area contributed by atoms with Crippen molar-refractivity contribution in [3.63, 3.8) is 0 Å². The van der Waals surface area contributed by atoms with Crippen molar-refractivity contribution in [2.45, 2.75) is 70.1 Å². The summed E-state index contributed by atoms with van der Waals surface area (Å²) < 4.78 is 0. The van der Waals surface area contributed by atoms with E-state index < -0.39 is 23.5 Å². The number of amides is 1. The van der Waals surface area contributed by atoms with Crippen molar-refractivity contribution in [2.24, 2.45) is 11.3 Å². The Morgan fingerprint density at radius 2 is 1.79 bits per heavy atom. The fourth-order valence-corrected chi connectivity index (χ4v) is 5.92. The number of aliphatic carboxylic acids is 1. The number of benzene rings is 2. The first-order chi connectivity index (χ1) is 16.1. The highest BCUT2D eigenvalue weighted by Crippen LogP contribution is 2.53. The van der Waals surface area contributed by atoms with Crippen LogP contribution in [-0.2, 0) is 9.59 Å². The summed E-state index contributed by atoms with van der Waals surface area (Å²) in [6.07, 6.45) is 1.88. The van der Waals surface area contributed by atoms with E-state index in [1.807, 2.05) is 37.3 Å². The Morgan fingerprint density at radius 3 is 2.35 bits per heavy atom. The van der Waals surface area contributed by atoms with Gasteiger partial charge < -0.3 is 15.1 Å². The molecule has 1 saturated heterocycles. The third-order valence-corrected chi connectivity index (χ3v) is 7.89. The Hall–Kier alpha value is -2.08. The van der Waals surface area contributed by atoms with Crippen LogP contribution in [0.25, 0.3) is 0 Å². The topological polar surface area (TPSA) is 77.8 Å². The third-order valence-electron chi connectivity index (χ3n) is 7.41. The van der Waals surface area contributed by atoms with E-state index in [0.717, 1.165) is 24.0 Å². The standard InChI is InChI=1S/C27H31Cl2NO4/c1-3-22(25(33)17-7-8-17)30-24(16-9-11-19(28)12-10-16)21(18-5-4-6-20(29)13-18)14-27(2,26(30)34)15-23(31)32/h4-6,9-13,17,21-22,24-25,33H,3,7-8,14-15H2,1-2H3,(H,31,32)/t21-,22+,24-,25+,27-/m1/s1. The Kier molecular flexibility index (Phi) is 7.28. The van der Waals surface area contributed by atoms with Crippen molar-refractivity contribution in [1.82, 2.24) is 4.90 Å². The maximum atomic E-state index is 14.1. The van der Waals surface area contributed by atoms with E-state index in [4.69, 9.17) is 23.2 Å². The summed E-state index contributed by atoms with van der Waals surface area (Å²) in [5.41, 5.74) is 0.734. The van der Waals surface area contributed by atoms with Gasteiger partial charge in [0.2, 0.25) is 5.91 Å². The van der Waals surface area contributed by atoms with Gasteiger partial charge in [-0.05, 0) is 67.0 Å². The zero-order chi connectivity index (χ0) is 24.6. The lowest BCUT2D eigenvalue weighted by Gasteiger charge is -2.52. The zero-order valence-corrected chi connectivity index (χ0v) is 21.0. The van der Waals surface area contributed by atoms with Crippen molar-refractivity contribution in [1.29, 1.82) is 0 Å². The van der Waals surface area contributed by atoms with Crippen LogP contribution in [0.3, 0.4) is 0 Å². The van der Waals surface area contributed by atoms with Crippen LogP contribution >= 0.6 is 23.2 Å². The minimum atomic E-state index is -1.11. The normalized spacial score (nSPS) is 26.9. The summed E-state index contributed by atoms with van der Waals surface area (Å²) in [6.45, 7) is 3.71. The van der Waals surface area contributed by atoms with Crippen LogP contribution in [0.4, 0.5) is 0 Å². The van der Waals surface area contributed by atoms with Gasteiger partial charge in [-0.2, -0.15) is 0 Å². The Balaban J connectivity index is 1.90. The van der Waals surface area contributed by atoms with Crippen LogP contribution in [0, 0.1) is 11.3 Å². The maximum absolute atomic E-state index is 14.1. The van der Waals surface area contributed by atoms with E-state index in [9.17, 15) is 19.8 Å². The van der Waals surface area contributed by atoms with Gasteiger partial charge in [-0.1, -0.05) is 61.3 Å². The molecule has 7 heteroatoms. The second-order valence-corrected chi connectivity index (χ2v) is 10.9. The second kappa shape index (κ2) is 9.88. The number of halogens is 2. The van der Waals surface area contributed by atoms with Crippen LogP contribution in [0.5, 0.6) is 0 Å². The van der Waals surface area contributed by atoms with Gasteiger partial charge in [0.25, 0.3) is 0 Å². The molecule has 34 heavy (non-hydrogen) atoms. The average molecular weight is 504 g/mol. The second-order valence-electron chi connectivity index (χ2n) is 10.0. The predicted molar refractivity (Wildman–Crippen MR) is 133 cm³/mol. The number of aliphatic hydroxyl groups excluding tert-OH is 1. The quantitative estimate of drug-likeness (QED) is 0.457. The smallest absolute Gasteiger partial charge is 0.304 e. The first-order valence-electron chi connectivity index (χ1n) is 11.9. The molecular formula is C27H31Cl2NO4. The minimum absolute atomic E-state index is 0.167. The first kappa shape index (κ1) is 25.0. The highest BCUT2D eigenvalue weighted by atomic mass is 35.5. The van der Waals surface area contributed by atoms with Gasteiger partial charge in [0, 0.05) is 16.0 Å². The van der Waals surface area contributed by atoms with E-state index in [2.05, 4.69) is 0 Å². The molecule has 5 nitrogen and oxygen atoms in total. The molecular weight excluding hydrogens is 473 g/mol. The minimum Gasteiger partial charge on any atom is -0.481 e. The fraction of sp³-hybridized carbons (Fsp3) is 0.481. The number of nitrogens with zero attached hydrogens (tertiary/aromatic N) is 1. The number of carbonyl (C=O) groups is 2. The van der Waals surface area contributed by atoms with Gasteiger partial charge in [0.15, 0.2) is 0 Å². The van der Waals surface area contributed by atoms with Gasteiger partial charge >= 0.3 is 5.97 Å². The zero-order valence-electron chi connectivity index (χ0n) is 19.5. The van der Waals surface area contributed by atoms with Crippen LogP contribution in [0.1, 0.15) is 69.0 Å². The molecule has 2 aliphatic rings. The number of hydrogen-bond donors (Lipinski definition) is 2. The van der Waals surface area contributed by atoms with Crippen molar-refractivity contribution < 1.29 is 19.8 Å². The van der Waals surface area contributed by atoms with Crippen LogP contribution in [0.15, 0.2) is 48.5 Å². The predicted octanol–water partition coefficient (Wildman–Crippen LogP) is 6.08. The van der Waals surface area contributed by atoms with Crippen molar-refractivity contribution in [3.8, 4) is 0 Å². The Labute approximate surface area is 210 Å². The van der Waals surface area contributed by atoms with E-state index >= 15 is 0 Å². The number of carboxylic acids is 1. The number of aliphatic hydroxyl groups is 1. The molecule has 4 rings (SSSR count). The number of piperidine rings is 1. The molecule has 0 unspecified atom stereocenters. The molecule has 0 bridgehead atoms. The van der Waals surface area contributed by atoms with E-state index in [1.165, 1.54) is 0 Å². The number of hydrogen-bond acceptors (Lipinski definition) is 3. The summed E-state index contributed by atoms with van der Waals surface area (Å²) in [5, 5.41) is 22.1. The molecule has 2 fully saturated rings. The molecule has 2 N–H and O–H groups in total. The van der Waals surface area contributed by atoms with Crippen LogP contribution < -0.4 is 0 Å². The van der Waals surface area contributed by atoms with Crippen LogP contribution in [-0.4, -0.2) is 39.1 Å². The number of carbonyl (C=O) groups excluding carboxylic acids is 1. The van der Waals surface area contributed by atoms with E-state index in [1.54, 1.807) is 30.0 Å². The largest absolute Gasteiger partial charge is 0.481 e. The number of rotatable bonds is 8. The van der Waals surface area contributed by atoms with Gasteiger partial charge in [0.05, 0.1) is 30.0 Å². The number of likely N-dealkylation sites (tertiary alicyclic amines) is 1. The molecule has 0 spiro atoms. The van der Waals surface area contributed by atoms with Gasteiger partial charge in [-0.25, -0.2) is 0 Å². The highest BCUT2D eigenvalue weighted by Gasteiger charge is 2.54. The van der Waals surface area contributed by atoms with E-state index in [-0.39, 0.29) is 30.2 Å². The first-order valence-corrected chi connectivity index (χ1v) is 12.6. The summed E-state index contributed by atoms with van der Waals surface area (Å²) in [4.78, 5) is 27.8. The Bertz CT molecular complexity index is 1050. The lowest BCUT2D eigenvalue weighted by molar-refractivity contribution is -0.164. The SMILES string of the molecule is CC[C@@H]([C@@H](O)C1CC1)N1C(=O)[C@@](C)(CC(=O)O)C[C@H](c2cccc(Cl)c2)[C@H]1c1ccc(Cl)cc1. The fourth-order valence-electron chi connectivity index (χ4n) is 5.60. The average Bonchev–Trinajstić information content (AvgIpc) is 3.63. The summed E-state index contributed by atoms with van der Waals surface area (Å²) in [7, 11) is 0. The molecule has 0 radical (unpaired) electrons. The van der Waals surface area contributed by atoms with Gasteiger partial charge in [-0.15, -0.1) is 0 Å². The lowest BCUT2D eigenvalue weighted by atomic mass is 9.66.